The molecule has 0 aromatic carbocycles. The quantitative estimate of drug-likeness (QED) is 0.739. The highest BCUT2D eigenvalue weighted by Gasteiger charge is 2.05. The minimum Gasteiger partial charge on any atom is -0.478 e. The topological polar surface area (TPSA) is 81.4 Å². The van der Waals surface area contributed by atoms with Gasteiger partial charge in [0.1, 0.15) is 0 Å². The third-order valence-corrected chi connectivity index (χ3v) is 1.83. The summed E-state index contributed by atoms with van der Waals surface area (Å²) < 4.78 is 6.18. The minimum absolute atomic E-state index is 0.113. The molecule has 1 heterocycles. The van der Waals surface area contributed by atoms with Crippen LogP contribution < -0.4 is 10.3 Å². The lowest BCUT2D eigenvalue weighted by Gasteiger charge is -2.08. The van der Waals surface area contributed by atoms with E-state index >= 15 is 0 Å². The van der Waals surface area contributed by atoms with Gasteiger partial charge in [-0.15, -0.1) is 0 Å². The Bertz CT molecular complexity index is 476. The van der Waals surface area contributed by atoms with E-state index in [1.54, 1.807) is 6.92 Å². The number of aromatic nitrogens is 2. The molecule has 0 saturated carbocycles. The molecule has 1 N–H and O–H groups in total. The summed E-state index contributed by atoms with van der Waals surface area (Å²) in [6.07, 6.45) is 2.31. The number of rotatable bonds is 4. The summed E-state index contributed by atoms with van der Waals surface area (Å²) in [6.45, 7) is 1.79. The second-order valence-electron chi connectivity index (χ2n) is 3.07. The number of aliphatic carboxylic acids is 1. The Morgan fingerprint density at radius 3 is 2.94 bits per heavy atom. The first-order chi connectivity index (χ1) is 7.54. The fourth-order valence-corrected chi connectivity index (χ4v) is 1.18. The van der Waals surface area contributed by atoms with E-state index in [1.165, 1.54) is 23.8 Å². The van der Waals surface area contributed by atoms with Crippen LogP contribution in [0, 0.1) is 6.92 Å². The summed E-state index contributed by atoms with van der Waals surface area (Å²) in [5.74, 6) is -1.06. The molecule has 6 nitrogen and oxygen atoms in total. The second-order valence-corrected chi connectivity index (χ2v) is 3.07. The van der Waals surface area contributed by atoms with Gasteiger partial charge in [-0.1, -0.05) is 6.08 Å². The van der Waals surface area contributed by atoms with Crippen LogP contribution in [-0.4, -0.2) is 27.7 Å². The number of aryl methyl sites for hydroxylation is 1. The van der Waals surface area contributed by atoms with Crippen molar-refractivity contribution in [2.45, 2.75) is 13.5 Å². The smallest absolute Gasteiger partial charge is 0.328 e. The normalized spacial score (nSPS) is 10.6. The highest BCUT2D eigenvalue weighted by Crippen LogP contribution is 2.03. The standard InChI is InChI=1S/C10H12N2O4/c1-7-6-8(13)12(10(11-7)16-2)5-3-4-9(14)15/h3-4,6H,5H2,1-2H3,(H,14,15). The molecule has 0 bridgehead atoms. The van der Waals surface area contributed by atoms with Crippen LogP contribution in [0.2, 0.25) is 0 Å². The van der Waals surface area contributed by atoms with Crippen molar-refractivity contribution in [3.8, 4) is 6.01 Å². The number of hydrogen-bond acceptors (Lipinski definition) is 4. The van der Waals surface area contributed by atoms with Gasteiger partial charge in [0.25, 0.3) is 11.6 Å². The van der Waals surface area contributed by atoms with Crippen LogP contribution in [0.15, 0.2) is 23.0 Å². The number of allylic oxidation sites excluding steroid dienone is 1. The van der Waals surface area contributed by atoms with Crippen LogP contribution >= 0.6 is 0 Å². The number of methoxy groups -OCH3 is 1. The van der Waals surface area contributed by atoms with Gasteiger partial charge in [0, 0.05) is 24.4 Å². The minimum atomic E-state index is -1.06. The summed E-state index contributed by atoms with van der Waals surface area (Å²) in [7, 11) is 1.40. The summed E-state index contributed by atoms with van der Waals surface area (Å²) in [6, 6.07) is 1.52. The Balaban J connectivity index is 3.03. The van der Waals surface area contributed by atoms with E-state index in [2.05, 4.69) is 4.98 Å². The largest absolute Gasteiger partial charge is 0.478 e. The number of carboxylic acid groups (broad SMARTS) is 1. The van der Waals surface area contributed by atoms with Crippen molar-refractivity contribution in [1.82, 2.24) is 9.55 Å². The third kappa shape index (κ3) is 2.94. The van der Waals surface area contributed by atoms with E-state index in [0.717, 1.165) is 6.08 Å². The van der Waals surface area contributed by atoms with E-state index in [-0.39, 0.29) is 18.1 Å². The highest BCUT2D eigenvalue weighted by atomic mass is 16.5. The lowest BCUT2D eigenvalue weighted by molar-refractivity contribution is -0.131. The molecular weight excluding hydrogens is 212 g/mol. The van der Waals surface area contributed by atoms with E-state index in [9.17, 15) is 9.59 Å². The van der Waals surface area contributed by atoms with E-state index in [4.69, 9.17) is 9.84 Å². The Hall–Kier alpha value is -2.11. The summed E-state index contributed by atoms with van der Waals surface area (Å²) >= 11 is 0. The van der Waals surface area contributed by atoms with Crippen LogP contribution in [0.4, 0.5) is 0 Å². The van der Waals surface area contributed by atoms with Gasteiger partial charge >= 0.3 is 5.97 Å². The van der Waals surface area contributed by atoms with Crippen molar-refractivity contribution >= 4 is 5.97 Å². The Kier molecular flexibility index (Phi) is 3.82. The molecule has 0 atom stereocenters. The average molecular weight is 224 g/mol. The van der Waals surface area contributed by atoms with Crippen molar-refractivity contribution in [2.24, 2.45) is 0 Å². The molecule has 0 fully saturated rings. The Morgan fingerprint density at radius 2 is 2.38 bits per heavy atom. The summed E-state index contributed by atoms with van der Waals surface area (Å²) in [5, 5.41) is 8.41. The predicted octanol–water partition coefficient (Wildman–Crippen LogP) is 0.201. The van der Waals surface area contributed by atoms with Crippen LogP contribution in [0.3, 0.4) is 0 Å². The van der Waals surface area contributed by atoms with E-state index in [0.29, 0.717) is 5.69 Å². The first-order valence-corrected chi connectivity index (χ1v) is 4.56. The maximum absolute atomic E-state index is 11.6. The van der Waals surface area contributed by atoms with E-state index in [1.807, 2.05) is 0 Å². The van der Waals surface area contributed by atoms with E-state index < -0.39 is 5.97 Å². The van der Waals surface area contributed by atoms with Crippen molar-refractivity contribution in [3.05, 3.63) is 34.3 Å². The maximum Gasteiger partial charge on any atom is 0.328 e. The molecular formula is C10H12N2O4. The van der Waals surface area contributed by atoms with Gasteiger partial charge in [0.2, 0.25) is 0 Å². The first-order valence-electron chi connectivity index (χ1n) is 4.56. The zero-order valence-corrected chi connectivity index (χ0v) is 9.01. The molecule has 1 aromatic heterocycles. The van der Waals surface area contributed by atoms with Gasteiger partial charge in [-0.2, -0.15) is 0 Å². The molecule has 0 aliphatic carbocycles. The molecule has 6 heteroatoms. The molecule has 1 rings (SSSR count). The molecule has 0 radical (unpaired) electrons. The second kappa shape index (κ2) is 5.11. The fraction of sp³-hybridized carbons (Fsp3) is 0.300. The zero-order valence-electron chi connectivity index (χ0n) is 9.01. The molecule has 0 aliphatic rings. The molecule has 0 unspecified atom stereocenters. The lowest BCUT2D eigenvalue weighted by Crippen LogP contribution is -2.22. The van der Waals surface area contributed by atoms with Crippen molar-refractivity contribution < 1.29 is 14.6 Å². The monoisotopic (exact) mass is 224 g/mol. The molecule has 1 aromatic rings. The Morgan fingerprint density at radius 1 is 1.69 bits per heavy atom. The third-order valence-electron chi connectivity index (χ3n) is 1.83. The van der Waals surface area contributed by atoms with Gasteiger partial charge in [0.05, 0.1) is 7.11 Å². The Labute approximate surface area is 91.8 Å². The van der Waals surface area contributed by atoms with Crippen molar-refractivity contribution in [2.75, 3.05) is 7.11 Å². The number of hydrogen-bond donors (Lipinski definition) is 1. The van der Waals surface area contributed by atoms with Crippen LogP contribution in [0.25, 0.3) is 0 Å². The van der Waals surface area contributed by atoms with Crippen molar-refractivity contribution in [3.63, 3.8) is 0 Å². The summed E-state index contributed by atoms with van der Waals surface area (Å²) in [5.41, 5.74) is 0.278. The van der Waals surface area contributed by atoms with Crippen LogP contribution in [0.1, 0.15) is 5.69 Å². The molecule has 0 spiro atoms. The number of ether oxygens (including phenoxy) is 1. The van der Waals surface area contributed by atoms with Crippen LogP contribution in [0.5, 0.6) is 6.01 Å². The van der Waals surface area contributed by atoms with Gasteiger partial charge in [-0.25, -0.2) is 9.78 Å². The van der Waals surface area contributed by atoms with Crippen molar-refractivity contribution in [1.29, 1.82) is 0 Å². The number of nitrogens with zero attached hydrogens (tertiary/aromatic N) is 2. The van der Waals surface area contributed by atoms with Gasteiger partial charge in [-0.05, 0) is 6.92 Å². The molecule has 0 amide bonds. The van der Waals surface area contributed by atoms with Gasteiger partial charge in [0.15, 0.2) is 0 Å². The highest BCUT2D eigenvalue weighted by molar-refractivity contribution is 5.79. The van der Waals surface area contributed by atoms with Gasteiger partial charge < -0.3 is 9.84 Å². The molecule has 0 aliphatic heterocycles. The van der Waals surface area contributed by atoms with Crippen LogP contribution in [-0.2, 0) is 11.3 Å². The number of carbonyl (C=O) groups is 1. The molecule has 16 heavy (non-hydrogen) atoms. The fourth-order valence-electron chi connectivity index (χ4n) is 1.18. The molecule has 0 saturated heterocycles. The summed E-state index contributed by atoms with van der Waals surface area (Å²) in [4.78, 5) is 25.8. The van der Waals surface area contributed by atoms with Gasteiger partial charge in [-0.3, -0.25) is 9.36 Å². The SMILES string of the molecule is COc1nc(C)cc(=O)n1CC=CC(=O)O. The first kappa shape index (κ1) is 12.0. The maximum atomic E-state index is 11.6. The number of carboxylic acids is 1. The zero-order chi connectivity index (χ0) is 12.1. The average Bonchev–Trinajstić information content (AvgIpc) is 2.20. The molecule has 86 valence electrons. The predicted molar refractivity (Wildman–Crippen MR) is 56.6 cm³/mol. The lowest BCUT2D eigenvalue weighted by atomic mass is 10.4.